The molecular weight excluding hydrogens is 366 g/mol. The van der Waals surface area contributed by atoms with Gasteiger partial charge in [-0.3, -0.25) is 9.89 Å². The van der Waals surface area contributed by atoms with E-state index in [-0.39, 0.29) is 5.91 Å². The number of aromatic amines is 1. The van der Waals surface area contributed by atoms with Gasteiger partial charge in [0.2, 0.25) is 5.91 Å². The van der Waals surface area contributed by atoms with Crippen LogP contribution in [-0.2, 0) is 16.1 Å². The fourth-order valence-electron chi connectivity index (χ4n) is 4.31. The highest BCUT2D eigenvalue weighted by atomic mass is 16.5. The monoisotopic (exact) mass is 407 g/mol. The summed E-state index contributed by atoms with van der Waals surface area (Å²) in [7, 11) is 5.84. The fourth-order valence-corrected chi connectivity index (χ4v) is 4.31. The van der Waals surface area contributed by atoms with Crippen molar-refractivity contribution in [1.29, 1.82) is 0 Å². The van der Waals surface area contributed by atoms with E-state index in [9.17, 15) is 4.79 Å². The van der Waals surface area contributed by atoms with E-state index in [0.717, 1.165) is 45.3 Å². The van der Waals surface area contributed by atoms with E-state index in [2.05, 4.69) is 46.2 Å². The molecule has 7 heteroatoms. The van der Waals surface area contributed by atoms with Crippen molar-refractivity contribution in [2.75, 3.05) is 47.4 Å². The Morgan fingerprint density at radius 1 is 1.31 bits per heavy atom. The molecule has 1 aliphatic carbocycles. The van der Waals surface area contributed by atoms with E-state index < -0.39 is 0 Å². The Labute approximate surface area is 176 Å². The molecule has 0 bridgehead atoms. The van der Waals surface area contributed by atoms with Crippen molar-refractivity contribution in [2.45, 2.75) is 64.5 Å². The minimum absolute atomic E-state index is 0.270. The number of hydrogen-bond donors (Lipinski definition) is 2. The number of rotatable bonds is 12. The molecule has 1 aromatic rings. The van der Waals surface area contributed by atoms with E-state index >= 15 is 0 Å². The molecule has 1 saturated carbocycles. The van der Waals surface area contributed by atoms with Crippen molar-refractivity contribution in [3.8, 4) is 0 Å². The predicted molar refractivity (Wildman–Crippen MR) is 117 cm³/mol. The zero-order valence-electron chi connectivity index (χ0n) is 19.0. The van der Waals surface area contributed by atoms with Gasteiger partial charge < -0.3 is 19.9 Å². The lowest BCUT2D eigenvalue weighted by molar-refractivity contribution is -0.135. The van der Waals surface area contributed by atoms with Gasteiger partial charge >= 0.3 is 0 Å². The average molecular weight is 408 g/mol. The number of likely N-dealkylation sites (N-methyl/N-ethyl adjacent to an activating group) is 2. The van der Waals surface area contributed by atoms with Crippen LogP contribution in [0.4, 0.5) is 0 Å². The van der Waals surface area contributed by atoms with Crippen molar-refractivity contribution in [3.05, 3.63) is 17.5 Å². The molecule has 0 saturated heterocycles. The topological polar surface area (TPSA) is 73.5 Å². The number of hydrogen-bond acceptors (Lipinski definition) is 5. The summed E-state index contributed by atoms with van der Waals surface area (Å²) in [6.45, 7) is 8.43. The molecule has 1 amide bonds. The second-order valence-corrected chi connectivity index (χ2v) is 8.82. The summed E-state index contributed by atoms with van der Waals surface area (Å²) in [4.78, 5) is 17.2. The largest absolute Gasteiger partial charge is 0.383 e. The van der Waals surface area contributed by atoms with Gasteiger partial charge in [-0.1, -0.05) is 13.8 Å². The van der Waals surface area contributed by atoms with Gasteiger partial charge in [-0.05, 0) is 45.7 Å². The quantitative estimate of drug-likeness (QED) is 0.557. The van der Waals surface area contributed by atoms with Crippen LogP contribution in [0.2, 0.25) is 0 Å². The maximum atomic E-state index is 12.8. The standard InChI is InChI=1S/C22H41N5O2/c1-17(2)14-21(28)27(12-13-29-5)20-8-6-18(7-9-20)22-19(15-24-25-22)16-26(4)11-10-23-3/h15,17-18,20,23H,6-14,16H2,1-5H3,(H,24,25)/t18-,20-. The van der Waals surface area contributed by atoms with Crippen LogP contribution in [0.25, 0.3) is 0 Å². The number of methoxy groups -OCH3 is 1. The van der Waals surface area contributed by atoms with E-state index in [4.69, 9.17) is 4.74 Å². The summed E-state index contributed by atoms with van der Waals surface area (Å²) in [6, 6.07) is 0.327. The summed E-state index contributed by atoms with van der Waals surface area (Å²) >= 11 is 0. The molecule has 1 aliphatic rings. The van der Waals surface area contributed by atoms with Crippen LogP contribution >= 0.6 is 0 Å². The molecule has 2 rings (SSSR count). The van der Waals surface area contributed by atoms with Gasteiger partial charge in [0.15, 0.2) is 0 Å². The van der Waals surface area contributed by atoms with Crippen molar-refractivity contribution in [2.24, 2.45) is 5.92 Å². The van der Waals surface area contributed by atoms with E-state index in [1.54, 1.807) is 7.11 Å². The van der Waals surface area contributed by atoms with Crippen molar-refractivity contribution in [1.82, 2.24) is 25.3 Å². The SMILES string of the molecule is CNCCN(C)Cc1c[nH]nc1[C@H]1CC[C@H](N(CCOC)C(=O)CC(C)C)CC1. The Balaban J connectivity index is 1.95. The summed E-state index contributed by atoms with van der Waals surface area (Å²) in [5.41, 5.74) is 2.52. The first-order valence-electron chi connectivity index (χ1n) is 11.1. The number of carbonyl (C=O) groups excluding carboxylic acids is 1. The summed E-state index contributed by atoms with van der Waals surface area (Å²) in [5.74, 6) is 1.14. The molecule has 0 aromatic carbocycles. The number of amides is 1. The number of aromatic nitrogens is 2. The molecule has 1 heterocycles. The van der Waals surface area contributed by atoms with Crippen LogP contribution in [0.15, 0.2) is 6.20 Å². The number of nitrogens with one attached hydrogen (secondary N) is 2. The minimum Gasteiger partial charge on any atom is -0.383 e. The second-order valence-electron chi connectivity index (χ2n) is 8.82. The van der Waals surface area contributed by atoms with E-state index in [1.165, 1.54) is 11.3 Å². The molecule has 0 radical (unpaired) electrons. The molecule has 0 spiro atoms. The first kappa shape index (κ1) is 23.8. The third-order valence-corrected chi connectivity index (χ3v) is 5.90. The maximum Gasteiger partial charge on any atom is 0.223 e. The molecule has 1 aromatic heterocycles. The molecule has 29 heavy (non-hydrogen) atoms. The number of H-pyrrole nitrogens is 1. The molecule has 0 aliphatic heterocycles. The summed E-state index contributed by atoms with van der Waals surface area (Å²) in [5, 5.41) is 10.9. The third-order valence-electron chi connectivity index (χ3n) is 5.90. The highest BCUT2D eigenvalue weighted by Crippen LogP contribution is 2.35. The summed E-state index contributed by atoms with van der Waals surface area (Å²) < 4.78 is 5.26. The lowest BCUT2D eigenvalue weighted by atomic mass is 9.82. The van der Waals surface area contributed by atoms with Gasteiger partial charge in [-0.15, -0.1) is 0 Å². The molecule has 0 unspecified atom stereocenters. The lowest BCUT2D eigenvalue weighted by Gasteiger charge is -2.37. The second kappa shape index (κ2) is 12.3. The Bertz CT molecular complexity index is 596. The lowest BCUT2D eigenvalue weighted by Crippen LogP contribution is -2.44. The van der Waals surface area contributed by atoms with E-state index in [0.29, 0.717) is 37.5 Å². The molecule has 7 nitrogen and oxygen atoms in total. The Morgan fingerprint density at radius 3 is 2.66 bits per heavy atom. The van der Waals surface area contributed by atoms with Crippen LogP contribution in [-0.4, -0.2) is 79.4 Å². The minimum atomic E-state index is 0.270. The van der Waals surface area contributed by atoms with Crippen molar-refractivity contribution >= 4 is 5.91 Å². The van der Waals surface area contributed by atoms with Gasteiger partial charge in [-0.25, -0.2) is 0 Å². The fraction of sp³-hybridized carbons (Fsp3) is 0.818. The number of ether oxygens (including phenoxy) is 1. The van der Waals surface area contributed by atoms with Crippen molar-refractivity contribution in [3.63, 3.8) is 0 Å². The molecule has 166 valence electrons. The Kier molecular flexibility index (Phi) is 10.1. The number of carbonyl (C=O) groups is 1. The molecule has 2 N–H and O–H groups in total. The van der Waals surface area contributed by atoms with Gasteiger partial charge in [0, 0.05) is 63.4 Å². The third kappa shape index (κ3) is 7.39. The molecular formula is C22H41N5O2. The summed E-state index contributed by atoms with van der Waals surface area (Å²) in [6.07, 6.45) is 6.92. The van der Waals surface area contributed by atoms with Gasteiger partial charge in [-0.2, -0.15) is 5.10 Å². The molecule has 1 fully saturated rings. The first-order chi connectivity index (χ1) is 14.0. The number of nitrogens with zero attached hydrogens (tertiary/aromatic N) is 3. The Hall–Kier alpha value is -1.44. The average Bonchev–Trinajstić information content (AvgIpc) is 3.14. The zero-order valence-corrected chi connectivity index (χ0v) is 19.0. The van der Waals surface area contributed by atoms with Crippen LogP contribution in [0.5, 0.6) is 0 Å². The molecule has 0 atom stereocenters. The first-order valence-corrected chi connectivity index (χ1v) is 11.1. The predicted octanol–water partition coefficient (Wildman–Crippen LogP) is 2.61. The van der Waals surface area contributed by atoms with Gasteiger partial charge in [0.25, 0.3) is 0 Å². The van der Waals surface area contributed by atoms with Crippen LogP contribution in [0.3, 0.4) is 0 Å². The van der Waals surface area contributed by atoms with E-state index in [1.807, 2.05) is 13.2 Å². The van der Waals surface area contributed by atoms with Gasteiger partial charge in [0.1, 0.15) is 0 Å². The van der Waals surface area contributed by atoms with Crippen LogP contribution in [0.1, 0.15) is 63.1 Å². The zero-order chi connectivity index (χ0) is 21.2. The maximum absolute atomic E-state index is 12.8. The van der Waals surface area contributed by atoms with Crippen LogP contribution < -0.4 is 5.32 Å². The highest BCUT2D eigenvalue weighted by molar-refractivity contribution is 5.76. The van der Waals surface area contributed by atoms with Crippen molar-refractivity contribution < 1.29 is 9.53 Å². The normalized spacial score (nSPS) is 19.8. The smallest absolute Gasteiger partial charge is 0.223 e. The van der Waals surface area contributed by atoms with Crippen LogP contribution in [0, 0.1) is 5.92 Å². The Morgan fingerprint density at radius 2 is 2.03 bits per heavy atom. The van der Waals surface area contributed by atoms with Gasteiger partial charge in [0.05, 0.1) is 12.3 Å². The highest BCUT2D eigenvalue weighted by Gasteiger charge is 2.31.